The van der Waals surface area contributed by atoms with E-state index in [2.05, 4.69) is 12.2 Å². The predicted molar refractivity (Wildman–Crippen MR) is 73.7 cm³/mol. The molecule has 0 amide bonds. The van der Waals surface area contributed by atoms with Crippen molar-refractivity contribution in [1.29, 1.82) is 0 Å². The number of benzene rings is 1. The van der Waals surface area contributed by atoms with Crippen molar-refractivity contribution in [3.05, 3.63) is 35.8 Å². The fraction of sp³-hybridized carbons (Fsp3) is 0.467. The number of halogens is 1. The molecule has 2 unspecified atom stereocenters. The highest BCUT2D eigenvalue weighted by molar-refractivity contribution is 5.78. The molecule has 0 bridgehead atoms. The summed E-state index contributed by atoms with van der Waals surface area (Å²) in [6, 6.07) is 6.39. The molecule has 0 radical (unpaired) electrons. The summed E-state index contributed by atoms with van der Waals surface area (Å²) in [6.07, 6.45) is 1.01. The normalized spacial score (nSPS) is 14.7. The molecule has 2 rings (SSSR count). The largest absolute Gasteiger partial charge is 0.459 e. The van der Waals surface area contributed by atoms with E-state index in [0.29, 0.717) is 5.58 Å². The number of ether oxygens (including phenoxy) is 1. The van der Waals surface area contributed by atoms with E-state index in [4.69, 9.17) is 9.15 Å². The van der Waals surface area contributed by atoms with Gasteiger partial charge in [-0.25, -0.2) is 4.39 Å². The van der Waals surface area contributed by atoms with Gasteiger partial charge in [0.05, 0.1) is 12.1 Å². The van der Waals surface area contributed by atoms with Gasteiger partial charge in [-0.1, -0.05) is 6.92 Å². The zero-order chi connectivity index (χ0) is 13.8. The molecule has 1 N–H and O–H groups in total. The second kappa shape index (κ2) is 6.17. The molecule has 3 nitrogen and oxygen atoms in total. The molecule has 104 valence electrons. The fourth-order valence-corrected chi connectivity index (χ4v) is 2.12. The van der Waals surface area contributed by atoms with E-state index in [1.54, 1.807) is 13.2 Å². The van der Waals surface area contributed by atoms with Crippen LogP contribution in [0.2, 0.25) is 0 Å². The lowest BCUT2D eigenvalue weighted by Gasteiger charge is -2.22. The van der Waals surface area contributed by atoms with Gasteiger partial charge < -0.3 is 14.5 Å². The van der Waals surface area contributed by atoms with Crippen molar-refractivity contribution in [2.24, 2.45) is 0 Å². The number of rotatable bonds is 6. The van der Waals surface area contributed by atoms with Gasteiger partial charge in [-0.2, -0.15) is 0 Å². The van der Waals surface area contributed by atoms with Gasteiger partial charge in [-0.3, -0.25) is 0 Å². The Labute approximate surface area is 112 Å². The Balaban J connectivity index is 2.32. The van der Waals surface area contributed by atoms with Crippen molar-refractivity contribution < 1.29 is 13.5 Å². The van der Waals surface area contributed by atoms with Crippen LogP contribution < -0.4 is 5.32 Å². The molecule has 1 aromatic carbocycles. The number of fused-ring (bicyclic) bond motifs is 1. The third-order valence-corrected chi connectivity index (χ3v) is 3.26. The van der Waals surface area contributed by atoms with Crippen LogP contribution in [0.5, 0.6) is 0 Å². The first kappa shape index (κ1) is 14.0. The Morgan fingerprint density at radius 2 is 2.16 bits per heavy atom. The summed E-state index contributed by atoms with van der Waals surface area (Å²) in [6.45, 7) is 4.97. The summed E-state index contributed by atoms with van der Waals surface area (Å²) in [7, 11) is 1.67. The summed E-state index contributed by atoms with van der Waals surface area (Å²) in [5.74, 6) is 0.529. The van der Waals surface area contributed by atoms with E-state index in [0.717, 1.165) is 24.1 Å². The van der Waals surface area contributed by atoms with Crippen molar-refractivity contribution >= 4 is 11.0 Å². The molecule has 0 aliphatic carbocycles. The molecule has 1 aromatic heterocycles. The molecular weight excluding hydrogens is 245 g/mol. The second-order valence-electron chi connectivity index (χ2n) is 4.70. The molecule has 2 atom stereocenters. The average molecular weight is 265 g/mol. The molecule has 0 fully saturated rings. The minimum Gasteiger partial charge on any atom is -0.459 e. The van der Waals surface area contributed by atoms with E-state index < -0.39 is 0 Å². The van der Waals surface area contributed by atoms with Gasteiger partial charge >= 0.3 is 0 Å². The van der Waals surface area contributed by atoms with Crippen LogP contribution in [0, 0.1) is 5.82 Å². The summed E-state index contributed by atoms with van der Waals surface area (Å²) < 4.78 is 24.4. The van der Waals surface area contributed by atoms with E-state index in [-0.39, 0.29) is 18.0 Å². The number of hydrogen-bond acceptors (Lipinski definition) is 3. The highest BCUT2D eigenvalue weighted by Gasteiger charge is 2.22. The topological polar surface area (TPSA) is 34.4 Å². The Hall–Kier alpha value is -1.39. The van der Waals surface area contributed by atoms with Crippen LogP contribution in [0.4, 0.5) is 4.39 Å². The van der Waals surface area contributed by atoms with Crippen LogP contribution in [0.15, 0.2) is 28.7 Å². The van der Waals surface area contributed by atoms with Crippen LogP contribution in [0.3, 0.4) is 0 Å². The van der Waals surface area contributed by atoms with Crippen molar-refractivity contribution in [3.63, 3.8) is 0 Å². The molecule has 0 aliphatic rings. The molecule has 4 heteroatoms. The SMILES string of the molecule is CCCNC(c1cc2cc(F)ccc2o1)C(C)OC. The van der Waals surface area contributed by atoms with Gasteiger partial charge in [0.2, 0.25) is 0 Å². The van der Waals surface area contributed by atoms with E-state index >= 15 is 0 Å². The monoisotopic (exact) mass is 265 g/mol. The van der Waals surface area contributed by atoms with Gasteiger partial charge in [-0.15, -0.1) is 0 Å². The van der Waals surface area contributed by atoms with Crippen LogP contribution in [0.1, 0.15) is 32.1 Å². The Morgan fingerprint density at radius 3 is 2.84 bits per heavy atom. The molecule has 0 aliphatic heterocycles. The van der Waals surface area contributed by atoms with Gasteiger partial charge in [0.15, 0.2) is 0 Å². The van der Waals surface area contributed by atoms with Gasteiger partial charge in [0.1, 0.15) is 17.2 Å². The smallest absolute Gasteiger partial charge is 0.134 e. The summed E-state index contributed by atoms with van der Waals surface area (Å²) in [5.41, 5.74) is 0.697. The molecule has 0 spiro atoms. The maximum atomic E-state index is 13.2. The maximum absolute atomic E-state index is 13.2. The second-order valence-corrected chi connectivity index (χ2v) is 4.70. The molecule has 19 heavy (non-hydrogen) atoms. The van der Waals surface area contributed by atoms with Gasteiger partial charge in [-0.05, 0) is 44.2 Å². The lowest BCUT2D eigenvalue weighted by molar-refractivity contribution is 0.0760. The van der Waals surface area contributed by atoms with E-state index in [9.17, 15) is 4.39 Å². The Kier molecular flexibility index (Phi) is 4.56. The van der Waals surface area contributed by atoms with Crippen LogP contribution in [0.25, 0.3) is 11.0 Å². The minimum absolute atomic E-state index is 0.0167. The molecule has 0 saturated carbocycles. The zero-order valence-electron chi connectivity index (χ0n) is 11.6. The highest BCUT2D eigenvalue weighted by atomic mass is 19.1. The van der Waals surface area contributed by atoms with E-state index in [1.165, 1.54) is 12.1 Å². The predicted octanol–water partition coefficient (Wildman–Crippen LogP) is 3.65. The molecular formula is C15H20FNO2. The van der Waals surface area contributed by atoms with Gasteiger partial charge in [0, 0.05) is 12.5 Å². The Bertz CT molecular complexity index is 538. The summed E-state index contributed by atoms with van der Waals surface area (Å²) in [4.78, 5) is 0. The van der Waals surface area contributed by atoms with Crippen LogP contribution in [-0.2, 0) is 4.74 Å². The van der Waals surface area contributed by atoms with Crippen molar-refractivity contribution in [3.8, 4) is 0 Å². The lowest BCUT2D eigenvalue weighted by Crippen LogP contribution is -2.31. The summed E-state index contributed by atoms with van der Waals surface area (Å²) in [5, 5.41) is 4.18. The van der Waals surface area contributed by atoms with E-state index in [1.807, 2.05) is 13.0 Å². The first-order valence-electron chi connectivity index (χ1n) is 6.61. The summed E-state index contributed by atoms with van der Waals surface area (Å²) >= 11 is 0. The van der Waals surface area contributed by atoms with Crippen molar-refractivity contribution in [2.75, 3.05) is 13.7 Å². The number of methoxy groups -OCH3 is 1. The maximum Gasteiger partial charge on any atom is 0.134 e. The number of furan rings is 1. The molecule has 0 saturated heterocycles. The first-order chi connectivity index (χ1) is 9.15. The van der Waals surface area contributed by atoms with Crippen molar-refractivity contribution in [1.82, 2.24) is 5.32 Å². The average Bonchev–Trinajstić information content (AvgIpc) is 2.81. The zero-order valence-corrected chi connectivity index (χ0v) is 11.6. The van der Waals surface area contributed by atoms with Crippen molar-refractivity contribution in [2.45, 2.75) is 32.4 Å². The number of hydrogen-bond donors (Lipinski definition) is 1. The third-order valence-electron chi connectivity index (χ3n) is 3.26. The lowest BCUT2D eigenvalue weighted by atomic mass is 10.1. The Morgan fingerprint density at radius 1 is 1.37 bits per heavy atom. The minimum atomic E-state index is -0.252. The standard InChI is InChI=1S/C15H20FNO2/c1-4-7-17-15(10(2)18-3)14-9-11-8-12(16)5-6-13(11)19-14/h5-6,8-10,15,17H,4,7H2,1-3H3. The fourth-order valence-electron chi connectivity index (χ4n) is 2.12. The quantitative estimate of drug-likeness (QED) is 0.865. The molecule has 1 heterocycles. The third kappa shape index (κ3) is 3.14. The van der Waals surface area contributed by atoms with Crippen LogP contribution >= 0.6 is 0 Å². The van der Waals surface area contributed by atoms with Crippen LogP contribution in [-0.4, -0.2) is 19.8 Å². The molecule has 2 aromatic rings. The first-order valence-corrected chi connectivity index (χ1v) is 6.61. The highest BCUT2D eigenvalue weighted by Crippen LogP contribution is 2.27. The van der Waals surface area contributed by atoms with Gasteiger partial charge in [0.25, 0.3) is 0 Å². The number of nitrogens with one attached hydrogen (secondary N) is 1.